The van der Waals surface area contributed by atoms with E-state index in [4.69, 9.17) is 4.74 Å². The highest BCUT2D eigenvalue weighted by atomic mass is 16.5. The third-order valence-electron chi connectivity index (χ3n) is 2.32. The van der Waals surface area contributed by atoms with Crippen molar-refractivity contribution in [3.8, 4) is 5.75 Å². The van der Waals surface area contributed by atoms with Gasteiger partial charge in [-0.3, -0.25) is 9.59 Å². The molecule has 3 nitrogen and oxygen atoms in total. The Morgan fingerprint density at radius 2 is 1.82 bits per heavy atom. The molecule has 0 saturated carbocycles. The van der Waals surface area contributed by atoms with Gasteiger partial charge in [-0.15, -0.1) is 0 Å². The lowest BCUT2D eigenvalue weighted by Gasteiger charge is -2.05. The summed E-state index contributed by atoms with van der Waals surface area (Å²) >= 11 is 0. The Kier molecular flexibility index (Phi) is 5.40. The van der Waals surface area contributed by atoms with Crippen molar-refractivity contribution in [2.45, 2.75) is 39.5 Å². The second-order valence-corrected chi connectivity index (χ2v) is 3.93. The molecule has 92 valence electrons. The van der Waals surface area contributed by atoms with E-state index in [0.29, 0.717) is 24.2 Å². The van der Waals surface area contributed by atoms with E-state index in [1.807, 2.05) is 13.8 Å². The first-order chi connectivity index (χ1) is 8.17. The van der Waals surface area contributed by atoms with E-state index in [1.165, 1.54) is 0 Å². The molecular weight excluding hydrogens is 216 g/mol. The molecule has 17 heavy (non-hydrogen) atoms. The molecule has 0 aliphatic carbocycles. The Hall–Kier alpha value is -1.64. The number of Topliss-reactive ketones (excluding diaryl/α,β-unsaturated/α-hetero) is 1. The second-order valence-electron chi connectivity index (χ2n) is 3.93. The first kappa shape index (κ1) is 13.4. The molecule has 0 aliphatic heterocycles. The van der Waals surface area contributed by atoms with E-state index in [1.54, 1.807) is 24.3 Å². The molecule has 0 heterocycles. The average molecular weight is 234 g/mol. The maximum atomic E-state index is 11.7. The van der Waals surface area contributed by atoms with Crippen molar-refractivity contribution in [2.75, 3.05) is 0 Å². The zero-order chi connectivity index (χ0) is 12.7. The highest BCUT2D eigenvalue weighted by Gasteiger charge is 2.08. The van der Waals surface area contributed by atoms with E-state index >= 15 is 0 Å². The first-order valence-electron chi connectivity index (χ1n) is 6.01. The molecule has 3 heteroatoms. The largest absolute Gasteiger partial charge is 0.427 e. The number of ether oxygens (including phenoxy) is 1. The molecule has 1 aromatic rings. The number of hydrogen-bond acceptors (Lipinski definition) is 3. The number of rotatable bonds is 6. The maximum absolute atomic E-state index is 11.7. The zero-order valence-electron chi connectivity index (χ0n) is 10.4. The topological polar surface area (TPSA) is 43.4 Å². The molecule has 0 amide bonds. The van der Waals surface area contributed by atoms with Gasteiger partial charge < -0.3 is 4.74 Å². The molecule has 0 spiro atoms. The van der Waals surface area contributed by atoms with Gasteiger partial charge in [-0.05, 0) is 25.0 Å². The van der Waals surface area contributed by atoms with Crippen molar-refractivity contribution in [3.63, 3.8) is 0 Å². The van der Waals surface area contributed by atoms with Crippen LogP contribution < -0.4 is 4.74 Å². The van der Waals surface area contributed by atoms with Crippen LogP contribution in [0, 0.1) is 0 Å². The van der Waals surface area contributed by atoms with Crippen molar-refractivity contribution < 1.29 is 14.3 Å². The van der Waals surface area contributed by atoms with Gasteiger partial charge in [0.05, 0.1) is 0 Å². The average Bonchev–Trinajstić information content (AvgIpc) is 2.30. The summed E-state index contributed by atoms with van der Waals surface area (Å²) in [6, 6.07) is 6.80. The van der Waals surface area contributed by atoms with Crippen LogP contribution in [0.4, 0.5) is 0 Å². The van der Waals surface area contributed by atoms with E-state index < -0.39 is 0 Å². The lowest BCUT2D eigenvalue weighted by Crippen LogP contribution is -2.07. The molecular formula is C14H18O3. The van der Waals surface area contributed by atoms with Gasteiger partial charge in [0.1, 0.15) is 5.75 Å². The Morgan fingerprint density at radius 3 is 2.47 bits per heavy atom. The number of carbonyl (C=O) groups excluding carboxylic acids is 2. The van der Waals surface area contributed by atoms with Crippen LogP contribution in [-0.2, 0) is 4.79 Å². The van der Waals surface area contributed by atoms with Crippen molar-refractivity contribution in [3.05, 3.63) is 29.8 Å². The van der Waals surface area contributed by atoms with E-state index in [9.17, 15) is 9.59 Å². The quantitative estimate of drug-likeness (QED) is 0.430. The maximum Gasteiger partial charge on any atom is 0.311 e. The van der Waals surface area contributed by atoms with Gasteiger partial charge in [0.2, 0.25) is 0 Å². The molecule has 0 atom stereocenters. The Labute approximate surface area is 102 Å². The van der Waals surface area contributed by atoms with E-state index in [0.717, 1.165) is 12.8 Å². The fourth-order valence-electron chi connectivity index (χ4n) is 1.49. The van der Waals surface area contributed by atoms with Crippen molar-refractivity contribution in [2.24, 2.45) is 0 Å². The summed E-state index contributed by atoms with van der Waals surface area (Å²) in [6.07, 6.45) is 2.49. The van der Waals surface area contributed by atoms with E-state index in [-0.39, 0.29) is 11.8 Å². The van der Waals surface area contributed by atoms with Gasteiger partial charge in [0.25, 0.3) is 0 Å². The predicted octanol–water partition coefficient (Wildman–Crippen LogP) is 3.37. The summed E-state index contributed by atoms with van der Waals surface area (Å²) in [6.45, 7) is 3.88. The van der Waals surface area contributed by atoms with Gasteiger partial charge in [-0.2, -0.15) is 0 Å². The number of hydrogen-bond donors (Lipinski definition) is 0. The lowest BCUT2D eigenvalue weighted by atomic mass is 10.1. The normalized spacial score (nSPS) is 10.0. The van der Waals surface area contributed by atoms with E-state index in [2.05, 4.69) is 0 Å². The molecule has 0 radical (unpaired) electrons. The standard InChI is InChI=1S/C14H18O3/c1-3-6-13(15)11-8-5-9-12(10-11)17-14(16)7-4-2/h5,8-10H,3-4,6-7H2,1-2H3. The summed E-state index contributed by atoms with van der Waals surface area (Å²) < 4.78 is 5.13. The van der Waals surface area contributed by atoms with Crippen LogP contribution in [0.3, 0.4) is 0 Å². The monoisotopic (exact) mass is 234 g/mol. The van der Waals surface area contributed by atoms with Crippen LogP contribution in [0.15, 0.2) is 24.3 Å². The van der Waals surface area contributed by atoms with Crippen LogP contribution in [0.25, 0.3) is 0 Å². The minimum absolute atomic E-state index is 0.0842. The highest BCUT2D eigenvalue weighted by Crippen LogP contribution is 2.16. The summed E-state index contributed by atoms with van der Waals surface area (Å²) in [4.78, 5) is 23.0. The summed E-state index contributed by atoms with van der Waals surface area (Å²) in [5.74, 6) is 0.277. The number of ketones is 1. The van der Waals surface area contributed by atoms with Gasteiger partial charge in [0, 0.05) is 18.4 Å². The van der Waals surface area contributed by atoms with Crippen molar-refractivity contribution >= 4 is 11.8 Å². The fraction of sp³-hybridized carbons (Fsp3) is 0.429. The Morgan fingerprint density at radius 1 is 1.12 bits per heavy atom. The zero-order valence-corrected chi connectivity index (χ0v) is 10.4. The Bertz CT molecular complexity index is 396. The van der Waals surface area contributed by atoms with Gasteiger partial charge >= 0.3 is 5.97 Å². The van der Waals surface area contributed by atoms with Gasteiger partial charge in [-0.1, -0.05) is 26.0 Å². The minimum Gasteiger partial charge on any atom is -0.427 e. The third kappa shape index (κ3) is 4.39. The fourth-order valence-corrected chi connectivity index (χ4v) is 1.49. The molecule has 1 rings (SSSR count). The molecule has 0 N–H and O–H groups in total. The SMILES string of the molecule is CCCC(=O)Oc1cccc(C(=O)CCC)c1. The number of esters is 1. The molecule has 0 saturated heterocycles. The molecule has 0 aromatic heterocycles. The van der Waals surface area contributed by atoms with Gasteiger partial charge in [0.15, 0.2) is 5.78 Å². The molecule has 1 aromatic carbocycles. The summed E-state index contributed by atoms with van der Waals surface area (Å²) in [5, 5.41) is 0. The minimum atomic E-state index is -0.257. The molecule has 0 bridgehead atoms. The van der Waals surface area contributed by atoms with Crippen LogP contribution in [0.5, 0.6) is 5.75 Å². The third-order valence-corrected chi connectivity index (χ3v) is 2.32. The van der Waals surface area contributed by atoms with Crippen molar-refractivity contribution in [1.82, 2.24) is 0 Å². The molecule has 0 aliphatic rings. The van der Waals surface area contributed by atoms with Gasteiger partial charge in [-0.25, -0.2) is 0 Å². The van der Waals surface area contributed by atoms with Crippen LogP contribution in [0.1, 0.15) is 49.9 Å². The lowest BCUT2D eigenvalue weighted by molar-refractivity contribution is -0.134. The summed E-state index contributed by atoms with van der Waals surface area (Å²) in [5.41, 5.74) is 0.605. The molecule has 0 fully saturated rings. The predicted molar refractivity (Wildman–Crippen MR) is 66.2 cm³/mol. The number of carbonyl (C=O) groups is 2. The van der Waals surface area contributed by atoms with Crippen LogP contribution >= 0.6 is 0 Å². The number of benzene rings is 1. The van der Waals surface area contributed by atoms with Crippen LogP contribution in [0.2, 0.25) is 0 Å². The van der Waals surface area contributed by atoms with Crippen LogP contribution in [-0.4, -0.2) is 11.8 Å². The smallest absolute Gasteiger partial charge is 0.311 e. The second kappa shape index (κ2) is 6.84. The van der Waals surface area contributed by atoms with Crippen molar-refractivity contribution in [1.29, 1.82) is 0 Å². The Balaban J connectivity index is 2.72. The first-order valence-corrected chi connectivity index (χ1v) is 6.01. The molecule has 0 unspecified atom stereocenters. The highest BCUT2D eigenvalue weighted by molar-refractivity contribution is 5.96. The summed E-state index contributed by atoms with van der Waals surface area (Å²) in [7, 11) is 0.